The molecule has 2 aromatic rings. The van der Waals surface area contributed by atoms with E-state index >= 15 is 0 Å². The molecule has 102 valence electrons. The zero-order valence-electron chi connectivity index (χ0n) is 10.7. The van der Waals surface area contributed by atoms with Crippen molar-refractivity contribution in [3.63, 3.8) is 0 Å². The lowest BCUT2D eigenvalue weighted by atomic mass is 10.1. The van der Waals surface area contributed by atoms with Crippen LogP contribution in [0.2, 0.25) is 0 Å². The molecule has 2 rings (SSSR count). The van der Waals surface area contributed by atoms with Crippen molar-refractivity contribution in [2.24, 2.45) is 0 Å². The average Bonchev–Trinajstić information content (AvgIpc) is 2.47. The number of nitro benzene ring substituents is 1. The van der Waals surface area contributed by atoms with E-state index in [0.29, 0.717) is 12.8 Å². The van der Waals surface area contributed by atoms with Crippen LogP contribution in [0.5, 0.6) is 0 Å². The minimum atomic E-state index is -0.453. The largest absolute Gasteiger partial charge is 0.287 e. The van der Waals surface area contributed by atoms with Gasteiger partial charge in [0.15, 0.2) is 5.12 Å². The monoisotopic (exact) mass is 287 g/mol. The van der Waals surface area contributed by atoms with Crippen LogP contribution in [0.4, 0.5) is 5.69 Å². The second-order valence-corrected chi connectivity index (χ2v) is 5.34. The van der Waals surface area contributed by atoms with Crippen LogP contribution < -0.4 is 0 Å². The number of carbonyl (C=O) groups excluding carboxylic acids is 1. The molecular formula is C15H13NO3S. The molecule has 0 aliphatic rings. The summed E-state index contributed by atoms with van der Waals surface area (Å²) in [6.07, 6.45) is 1.16. The zero-order valence-corrected chi connectivity index (χ0v) is 11.5. The summed E-state index contributed by atoms with van der Waals surface area (Å²) in [7, 11) is 0. The molecule has 0 bridgehead atoms. The number of hydrogen-bond donors (Lipinski definition) is 0. The van der Waals surface area contributed by atoms with E-state index < -0.39 is 4.92 Å². The molecule has 0 unspecified atom stereocenters. The van der Waals surface area contributed by atoms with Gasteiger partial charge in [0.1, 0.15) is 0 Å². The normalized spacial score (nSPS) is 10.2. The van der Waals surface area contributed by atoms with E-state index in [1.165, 1.54) is 12.1 Å². The Kier molecular flexibility index (Phi) is 4.90. The Balaban J connectivity index is 1.86. The van der Waals surface area contributed by atoms with E-state index in [-0.39, 0.29) is 10.8 Å². The summed E-state index contributed by atoms with van der Waals surface area (Å²) in [5.41, 5.74) is 1.16. The summed E-state index contributed by atoms with van der Waals surface area (Å²) in [5, 5.41) is 10.6. The Morgan fingerprint density at radius 3 is 2.30 bits per heavy atom. The van der Waals surface area contributed by atoms with Gasteiger partial charge in [-0.1, -0.05) is 42.1 Å². The lowest BCUT2D eigenvalue weighted by Gasteiger charge is -2.01. The lowest BCUT2D eigenvalue weighted by Crippen LogP contribution is -1.95. The molecule has 0 fully saturated rings. The Morgan fingerprint density at radius 2 is 1.70 bits per heavy atom. The molecule has 0 heterocycles. The van der Waals surface area contributed by atoms with Crippen molar-refractivity contribution in [2.45, 2.75) is 17.7 Å². The van der Waals surface area contributed by atoms with Crippen molar-refractivity contribution in [3.8, 4) is 0 Å². The number of carbonyl (C=O) groups is 1. The second kappa shape index (κ2) is 6.86. The van der Waals surface area contributed by atoms with Crippen LogP contribution in [-0.4, -0.2) is 10.0 Å². The Labute approximate surface area is 121 Å². The van der Waals surface area contributed by atoms with Crippen LogP contribution in [0.25, 0.3) is 0 Å². The van der Waals surface area contributed by atoms with Gasteiger partial charge in [-0.2, -0.15) is 0 Å². The molecule has 0 saturated carbocycles. The Hall–Kier alpha value is -2.14. The fourth-order valence-electron chi connectivity index (χ4n) is 1.71. The summed E-state index contributed by atoms with van der Waals surface area (Å²) in [4.78, 5) is 22.6. The van der Waals surface area contributed by atoms with Gasteiger partial charge >= 0.3 is 0 Å². The minimum Gasteiger partial charge on any atom is -0.287 e. The third kappa shape index (κ3) is 4.20. The van der Waals surface area contributed by atoms with E-state index in [1.54, 1.807) is 12.1 Å². The number of nitro groups is 1. The fourth-order valence-corrected chi connectivity index (χ4v) is 2.45. The van der Waals surface area contributed by atoms with E-state index in [0.717, 1.165) is 22.2 Å². The first-order valence-electron chi connectivity index (χ1n) is 6.14. The van der Waals surface area contributed by atoms with Gasteiger partial charge in [-0.15, -0.1) is 0 Å². The van der Waals surface area contributed by atoms with Crippen molar-refractivity contribution >= 4 is 22.6 Å². The maximum Gasteiger partial charge on any atom is 0.269 e. The third-order valence-corrected chi connectivity index (χ3v) is 3.68. The number of non-ortho nitro benzene ring substituents is 1. The molecule has 0 aliphatic carbocycles. The summed E-state index contributed by atoms with van der Waals surface area (Å²) in [6, 6.07) is 15.8. The molecule has 0 atom stereocenters. The predicted molar refractivity (Wildman–Crippen MR) is 78.7 cm³/mol. The average molecular weight is 287 g/mol. The van der Waals surface area contributed by atoms with Crippen LogP contribution in [0.1, 0.15) is 12.0 Å². The molecule has 0 spiro atoms. The topological polar surface area (TPSA) is 60.2 Å². The van der Waals surface area contributed by atoms with Crippen LogP contribution >= 0.6 is 11.8 Å². The number of benzene rings is 2. The standard InChI is InChI=1S/C15H13NO3S/c17-15(11-6-12-4-2-1-3-5-12)20-14-9-7-13(8-10-14)16(18)19/h1-5,7-10H,6,11H2. The van der Waals surface area contributed by atoms with E-state index in [9.17, 15) is 14.9 Å². The van der Waals surface area contributed by atoms with Crippen LogP contribution in [-0.2, 0) is 11.2 Å². The van der Waals surface area contributed by atoms with Gasteiger partial charge in [-0.3, -0.25) is 14.9 Å². The zero-order chi connectivity index (χ0) is 14.4. The first-order valence-corrected chi connectivity index (χ1v) is 6.96. The van der Waals surface area contributed by atoms with Gasteiger partial charge in [0.2, 0.25) is 0 Å². The van der Waals surface area contributed by atoms with Gasteiger partial charge in [-0.25, -0.2) is 0 Å². The molecule has 0 N–H and O–H groups in total. The van der Waals surface area contributed by atoms with Crippen molar-refractivity contribution in [1.82, 2.24) is 0 Å². The smallest absolute Gasteiger partial charge is 0.269 e. The fraction of sp³-hybridized carbons (Fsp3) is 0.133. The number of nitrogens with zero attached hydrogens (tertiary/aromatic N) is 1. The van der Waals surface area contributed by atoms with Gasteiger partial charge in [0.05, 0.1) is 4.92 Å². The molecule has 0 aromatic heterocycles. The number of thioether (sulfide) groups is 1. The summed E-state index contributed by atoms with van der Waals surface area (Å²) in [6.45, 7) is 0. The summed E-state index contributed by atoms with van der Waals surface area (Å²) >= 11 is 1.12. The maximum atomic E-state index is 11.8. The molecule has 0 saturated heterocycles. The van der Waals surface area contributed by atoms with Gasteiger partial charge in [0, 0.05) is 23.4 Å². The van der Waals surface area contributed by atoms with Crippen molar-refractivity contribution in [3.05, 3.63) is 70.3 Å². The van der Waals surface area contributed by atoms with E-state index in [2.05, 4.69) is 0 Å². The molecule has 20 heavy (non-hydrogen) atoms. The van der Waals surface area contributed by atoms with Crippen molar-refractivity contribution in [1.29, 1.82) is 0 Å². The molecule has 2 aromatic carbocycles. The number of hydrogen-bond acceptors (Lipinski definition) is 4. The Morgan fingerprint density at radius 1 is 1.05 bits per heavy atom. The molecule has 5 heteroatoms. The van der Waals surface area contributed by atoms with E-state index in [4.69, 9.17) is 0 Å². The summed E-state index contributed by atoms with van der Waals surface area (Å²) in [5.74, 6) is 0. The lowest BCUT2D eigenvalue weighted by molar-refractivity contribution is -0.384. The summed E-state index contributed by atoms with van der Waals surface area (Å²) < 4.78 is 0. The Bertz CT molecular complexity index is 596. The van der Waals surface area contributed by atoms with Gasteiger partial charge in [-0.05, 0) is 24.1 Å². The molecule has 4 nitrogen and oxygen atoms in total. The highest BCUT2D eigenvalue weighted by Crippen LogP contribution is 2.23. The van der Waals surface area contributed by atoms with Crippen LogP contribution in [0.15, 0.2) is 59.5 Å². The molecule has 0 radical (unpaired) electrons. The SMILES string of the molecule is O=C(CCc1ccccc1)Sc1ccc([N+](=O)[O-])cc1. The maximum absolute atomic E-state index is 11.8. The molecule has 0 aliphatic heterocycles. The van der Waals surface area contributed by atoms with Crippen molar-refractivity contribution in [2.75, 3.05) is 0 Å². The third-order valence-electron chi connectivity index (χ3n) is 2.74. The number of rotatable bonds is 5. The van der Waals surface area contributed by atoms with E-state index in [1.807, 2.05) is 30.3 Å². The minimum absolute atomic E-state index is 0.0334. The first-order chi connectivity index (χ1) is 9.65. The molecule has 0 amide bonds. The van der Waals surface area contributed by atoms with Gasteiger partial charge in [0.25, 0.3) is 5.69 Å². The first kappa shape index (κ1) is 14.3. The van der Waals surface area contributed by atoms with Gasteiger partial charge < -0.3 is 0 Å². The quantitative estimate of drug-likeness (QED) is 0.476. The van der Waals surface area contributed by atoms with Crippen LogP contribution in [0.3, 0.4) is 0 Å². The van der Waals surface area contributed by atoms with Crippen molar-refractivity contribution < 1.29 is 9.72 Å². The highest BCUT2D eigenvalue weighted by atomic mass is 32.2. The highest BCUT2D eigenvalue weighted by molar-refractivity contribution is 8.13. The number of aryl methyl sites for hydroxylation is 1. The highest BCUT2D eigenvalue weighted by Gasteiger charge is 2.08. The predicted octanol–water partition coefficient (Wildman–Crippen LogP) is 3.85. The molecular weight excluding hydrogens is 274 g/mol. The second-order valence-electron chi connectivity index (χ2n) is 4.21. The van der Waals surface area contributed by atoms with Crippen LogP contribution in [0, 0.1) is 10.1 Å².